The van der Waals surface area contributed by atoms with Gasteiger partial charge in [0.2, 0.25) is 17.7 Å². The lowest BCUT2D eigenvalue weighted by Crippen LogP contribution is -2.59. The highest BCUT2D eigenvalue weighted by Crippen LogP contribution is 2.43. The predicted molar refractivity (Wildman–Crippen MR) is 114 cm³/mol. The summed E-state index contributed by atoms with van der Waals surface area (Å²) in [6.07, 6.45) is -10.6. The number of hydrogen-bond donors (Lipinski definition) is 3. The van der Waals surface area contributed by atoms with Crippen molar-refractivity contribution in [3.8, 4) is 0 Å². The van der Waals surface area contributed by atoms with Gasteiger partial charge in [-0.1, -0.05) is 0 Å². The molecule has 4 amide bonds. The summed E-state index contributed by atoms with van der Waals surface area (Å²) in [5.74, 6) is -7.52. The molecule has 0 bridgehead atoms. The van der Waals surface area contributed by atoms with Crippen LogP contribution >= 0.6 is 0 Å². The number of halogens is 6. The first kappa shape index (κ1) is 29.0. The summed E-state index contributed by atoms with van der Waals surface area (Å²) in [5, 5.41) is 6.58. The van der Waals surface area contributed by atoms with Crippen LogP contribution in [-0.2, 0) is 33.4 Å². The molecule has 3 aliphatic heterocycles. The number of ether oxygens (including phenoxy) is 2. The van der Waals surface area contributed by atoms with Gasteiger partial charge in [0, 0.05) is 30.8 Å². The third-order valence-electron chi connectivity index (χ3n) is 7.49. The number of amides is 4. The van der Waals surface area contributed by atoms with Crippen molar-refractivity contribution in [3.63, 3.8) is 0 Å². The molecule has 39 heavy (non-hydrogen) atoms. The second-order valence-corrected chi connectivity index (χ2v) is 10.2. The summed E-state index contributed by atoms with van der Waals surface area (Å²) < 4.78 is 85.1. The fraction of sp³-hybridized carbons (Fsp3) is 0.773. The Morgan fingerprint density at radius 1 is 1.13 bits per heavy atom. The van der Waals surface area contributed by atoms with Crippen LogP contribution in [0.5, 0.6) is 0 Å². The highest BCUT2D eigenvalue weighted by atomic mass is 19.4. The molecule has 0 aromatic heterocycles. The average molecular weight is 572 g/mol. The molecule has 0 spiro atoms. The third-order valence-corrected chi connectivity index (χ3v) is 7.49. The minimum absolute atomic E-state index is 0.00920. The van der Waals surface area contributed by atoms with Crippen molar-refractivity contribution < 1.29 is 59.8 Å². The molecule has 0 unspecified atom stereocenters. The monoisotopic (exact) mass is 572 g/mol. The first-order valence-electron chi connectivity index (χ1n) is 12.2. The Morgan fingerprint density at radius 3 is 2.38 bits per heavy atom. The van der Waals surface area contributed by atoms with Crippen LogP contribution in [0.1, 0.15) is 25.7 Å². The quantitative estimate of drug-likeness (QED) is 0.325. The largest absolute Gasteiger partial charge is 0.522 e. The van der Waals surface area contributed by atoms with Crippen molar-refractivity contribution in [2.24, 2.45) is 17.8 Å². The molecule has 4 rings (SSSR count). The zero-order valence-corrected chi connectivity index (χ0v) is 20.3. The van der Waals surface area contributed by atoms with Crippen LogP contribution in [-0.4, -0.2) is 97.4 Å². The molecule has 17 heteroatoms. The molecule has 0 aromatic carbocycles. The molecule has 1 aliphatic carbocycles. The molecule has 1 saturated carbocycles. The molecule has 0 aromatic rings. The topological polar surface area (TPSA) is 143 Å². The van der Waals surface area contributed by atoms with Crippen molar-refractivity contribution in [2.75, 3.05) is 32.9 Å². The summed E-state index contributed by atoms with van der Waals surface area (Å²) >= 11 is 0. The van der Waals surface area contributed by atoms with Crippen molar-refractivity contribution in [2.45, 2.75) is 55.8 Å². The van der Waals surface area contributed by atoms with Gasteiger partial charge in [0.25, 0.3) is 0 Å². The Morgan fingerprint density at radius 2 is 1.82 bits per heavy atom. The summed E-state index contributed by atoms with van der Waals surface area (Å²) in [6.45, 7) is -1.08. The van der Waals surface area contributed by atoms with Gasteiger partial charge in [-0.3, -0.25) is 28.7 Å². The van der Waals surface area contributed by atoms with Crippen molar-refractivity contribution in [1.29, 1.82) is 0 Å². The van der Waals surface area contributed by atoms with Crippen LogP contribution in [0.2, 0.25) is 0 Å². The van der Waals surface area contributed by atoms with Crippen LogP contribution in [0.15, 0.2) is 0 Å². The maximum Gasteiger partial charge on any atom is 0.522 e. The zero-order valence-electron chi connectivity index (χ0n) is 20.3. The number of carbonyl (C=O) groups excluding carboxylic acids is 5. The van der Waals surface area contributed by atoms with E-state index in [9.17, 15) is 50.3 Å². The molecule has 3 heterocycles. The van der Waals surface area contributed by atoms with Gasteiger partial charge in [-0.05, 0) is 25.7 Å². The standard InChI is InChI=1S/C22H26F6N4O7/c23-21(24,25)18(36)31-20(2-3-20)19(37)32-6-11-7-38-8-12(11)15(32)17(35)30-13(5-10-1-4-29-16(10)34)14(33)9-39-22(26,27)28/h10-13,15H,1-9H2,(H,29,34)(H,30,35)(H,31,36)/t10-,11+,12-,13-,15-/m0/s1. The number of ketones is 1. The number of hydrogen-bond acceptors (Lipinski definition) is 7. The maximum absolute atomic E-state index is 13.5. The molecule has 11 nitrogen and oxygen atoms in total. The number of likely N-dealkylation sites (tertiary alicyclic amines) is 1. The van der Waals surface area contributed by atoms with Gasteiger partial charge in [0.05, 0.1) is 19.3 Å². The minimum atomic E-state index is -5.24. The minimum Gasteiger partial charge on any atom is -0.381 e. The van der Waals surface area contributed by atoms with E-state index in [0.717, 1.165) is 4.90 Å². The number of carbonyl (C=O) groups is 5. The van der Waals surface area contributed by atoms with E-state index in [1.807, 2.05) is 0 Å². The SMILES string of the molecule is O=C1NCC[C@H]1C[C@H](NC(=O)[C@@H]1[C@H]2COC[C@H]2CN1C(=O)C1(NC(=O)C(F)(F)F)CC1)C(=O)COC(F)(F)F. The van der Waals surface area contributed by atoms with E-state index in [2.05, 4.69) is 15.4 Å². The van der Waals surface area contributed by atoms with Gasteiger partial charge in [-0.2, -0.15) is 13.2 Å². The Balaban J connectivity index is 1.52. The van der Waals surface area contributed by atoms with E-state index >= 15 is 0 Å². The van der Waals surface area contributed by atoms with E-state index in [4.69, 9.17) is 4.74 Å². The number of Topliss-reactive ketones (excluding diaryl/α,β-unsaturated/α-hetero) is 1. The Kier molecular flexibility index (Phi) is 7.86. The van der Waals surface area contributed by atoms with Crippen LogP contribution in [0.25, 0.3) is 0 Å². The number of nitrogens with zero attached hydrogens (tertiary/aromatic N) is 1. The van der Waals surface area contributed by atoms with Crippen molar-refractivity contribution in [3.05, 3.63) is 0 Å². The first-order chi connectivity index (χ1) is 18.1. The summed E-state index contributed by atoms with van der Waals surface area (Å²) in [5.41, 5.74) is -1.84. The van der Waals surface area contributed by atoms with E-state index in [1.54, 1.807) is 5.32 Å². The lowest BCUT2D eigenvalue weighted by Gasteiger charge is -2.32. The van der Waals surface area contributed by atoms with E-state index in [1.165, 1.54) is 0 Å². The number of fused-ring (bicyclic) bond motifs is 1. The highest BCUT2D eigenvalue weighted by Gasteiger charge is 2.60. The van der Waals surface area contributed by atoms with Gasteiger partial charge in [-0.25, -0.2) is 0 Å². The van der Waals surface area contributed by atoms with Gasteiger partial charge < -0.3 is 25.6 Å². The maximum atomic E-state index is 13.5. The number of alkyl halides is 6. The first-order valence-corrected chi connectivity index (χ1v) is 12.2. The van der Waals surface area contributed by atoms with Gasteiger partial charge >= 0.3 is 18.4 Å². The highest BCUT2D eigenvalue weighted by molar-refractivity contribution is 5.99. The Hall–Kier alpha value is -2.95. The van der Waals surface area contributed by atoms with Crippen molar-refractivity contribution >= 4 is 29.4 Å². The lowest BCUT2D eigenvalue weighted by atomic mass is 9.92. The van der Waals surface area contributed by atoms with Gasteiger partial charge in [0.1, 0.15) is 18.2 Å². The second-order valence-electron chi connectivity index (χ2n) is 10.2. The molecule has 3 saturated heterocycles. The van der Waals surface area contributed by atoms with E-state index in [0.29, 0.717) is 0 Å². The van der Waals surface area contributed by atoms with Crippen LogP contribution in [0, 0.1) is 17.8 Å². The van der Waals surface area contributed by atoms with Gasteiger partial charge in [0.15, 0.2) is 5.78 Å². The van der Waals surface area contributed by atoms with Crippen LogP contribution in [0.4, 0.5) is 26.3 Å². The molecular formula is C22H26F6N4O7. The molecule has 5 atom stereocenters. The third kappa shape index (κ3) is 6.45. The zero-order chi connectivity index (χ0) is 28.8. The summed E-state index contributed by atoms with van der Waals surface area (Å²) in [6, 6.07) is -2.91. The summed E-state index contributed by atoms with van der Waals surface area (Å²) in [7, 11) is 0. The fourth-order valence-corrected chi connectivity index (χ4v) is 5.31. The summed E-state index contributed by atoms with van der Waals surface area (Å²) in [4.78, 5) is 64.0. The van der Waals surface area contributed by atoms with E-state index < -0.39 is 78.0 Å². The normalized spacial score (nSPS) is 28.5. The molecule has 4 aliphatic rings. The number of nitrogens with one attached hydrogen (secondary N) is 3. The fourth-order valence-electron chi connectivity index (χ4n) is 5.31. The smallest absolute Gasteiger partial charge is 0.381 e. The Labute approximate surface area is 217 Å². The van der Waals surface area contributed by atoms with E-state index in [-0.39, 0.29) is 57.9 Å². The molecule has 4 fully saturated rings. The second kappa shape index (κ2) is 10.6. The van der Waals surface area contributed by atoms with Crippen LogP contribution in [0.3, 0.4) is 0 Å². The lowest BCUT2D eigenvalue weighted by molar-refractivity contribution is -0.321. The molecule has 3 N–H and O–H groups in total. The average Bonchev–Trinajstić information content (AvgIpc) is 3.12. The Bertz CT molecular complexity index is 1030. The molecule has 0 radical (unpaired) electrons. The predicted octanol–water partition coefficient (Wildman–Crippen LogP) is -0.213. The molecule has 218 valence electrons. The number of rotatable bonds is 9. The van der Waals surface area contributed by atoms with Crippen molar-refractivity contribution in [1.82, 2.24) is 20.9 Å². The molecular weight excluding hydrogens is 546 g/mol. The van der Waals surface area contributed by atoms with Gasteiger partial charge in [-0.15, -0.1) is 13.2 Å². The van der Waals surface area contributed by atoms with Crippen LogP contribution < -0.4 is 16.0 Å².